The summed E-state index contributed by atoms with van der Waals surface area (Å²) in [5.41, 5.74) is 0.468. The maximum absolute atomic E-state index is 11.5. The van der Waals surface area contributed by atoms with Gasteiger partial charge in [-0.05, 0) is 38.0 Å². The Kier molecular flexibility index (Phi) is 10.0. The number of hydrogen-bond acceptors (Lipinski definition) is 3. The number of rotatable bonds is 5. The van der Waals surface area contributed by atoms with Crippen molar-refractivity contribution in [3.05, 3.63) is 0 Å². The minimum absolute atomic E-state index is 0. The Morgan fingerprint density at radius 3 is 2.32 bits per heavy atom. The standard InChI is InChI=1S/C17H34N4O2S.HI/c1-3-24(22,23)20-13-12-19-16(18-2)21-14-8-11-17(15-21)9-6-4-5-7-10-17;/h20H,3-15H2,1-2H3,(H,18,19);1H. The van der Waals surface area contributed by atoms with Crippen molar-refractivity contribution in [1.82, 2.24) is 14.9 Å². The molecule has 1 heterocycles. The first kappa shape index (κ1) is 23.0. The smallest absolute Gasteiger partial charge is 0.211 e. The van der Waals surface area contributed by atoms with Crippen molar-refractivity contribution in [2.24, 2.45) is 10.4 Å². The minimum atomic E-state index is -3.12. The van der Waals surface area contributed by atoms with E-state index in [1.165, 1.54) is 51.4 Å². The fraction of sp³-hybridized carbons (Fsp3) is 0.941. The van der Waals surface area contributed by atoms with Gasteiger partial charge in [0, 0.05) is 33.2 Å². The first-order chi connectivity index (χ1) is 11.5. The van der Waals surface area contributed by atoms with Gasteiger partial charge in [-0.15, -0.1) is 24.0 Å². The average molecular weight is 486 g/mol. The molecule has 0 aromatic carbocycles. The molecule has 0 radical (unpaired) electrons. The zero-order valence-electron chi connectivity index (χ0n) is 15.7. The molecule has 0 aromatic heterocycles. The van der Waals surface area contributed by atoms with E-state index in [9.17, 15) is 8.42 Å². The second-order valence-electron chi connectivity index (χ2n) is 7.21. The molecule has 2 aliphatic rings. The lowest BCUT2D eigenvalue weighted by Gasteiger charge is -2.44. The first-order valence-corrected chi connectivity index (χ1v) is 11.1. The average Bonchev–Trinajstić information content (AvgIpc) is 2.80. The number of halogens is 1. The van der Waals surface area contributed by atoms with Crippen LogP contribution in [0.2, 0.25) is 0 Å². The second-order valence-corrected chi connectivity index (χ2v) is 9.31. The van der Waals surface area contributed by atoms with E-state index in [0.29, 0.717) is 18.5 Å². The summed E-state index contributed by atoms with van der Waals surface area (Å²) in [4.78, 5) is 6.80. The summed E-state index contributed by atoms with van der Waals surface area (Å²) in [6.07, 6.45) is 10.7. The normalized spacial score (nSPS) is 21.5. The highest BCUT2D eigenvalue weighted by Crippen LogP contribution is 2.42. The number of nitrogens with zero attached hydrogens (tertiary/aromatic N) is 2. The largest absolute Gasteiger partial charge is 0.355 e. The lowest BCUT2D eigenvalue weighted by Crippen LogP contribution is -2.51. The van der Waals surface area contributed by atoms with Crippen LogP contribution in [-0.2, 0) is 10.0 Å². The highest BCUT2D eigenvalue weighted by Gasteiger charge is 2.36. The molecule has 1 saturated carbocycles. The molecule has 2 fully saturated rings. The third kappa shape index (κ3) is 7.21. The number of sulfonamides is 1. The van der Waals surface area contributed by atoms with E-state index in [2.05, 4.69) is 19.9 Å². The number of hydrogen-bond donors (Lipinski definition) is 2. The maximum atomic E-state index is 11.5. The van der Waals surface area contributed by atoms with Gasteiger partial charge >= 0.3 is 0 Å². The Bertz CT molecular complexity index is 517. The molecule has 6 nitrogen and oxygen atoms in total. The van der Waals surface area contributed by atoms with Crippen LogP contribution in [0.25, 0.3) is 0 Å². The molecule has 0 amide bonds. The summed E-state index contributed by atoms with van der Waals surface area (Å²) in [6.45, 7) is 4.74. The number of aliphatic imine (C=N–C) groups is 1. The highest BCUT2D eigenvalue weighted by atomic mass is 127. The van der Waals surface area contributed by atoms with E-state index >= 15 is 0 Å². The third-order valence-corrected chi connectivity index (χ3v) is 6.85. The molecule has 0 bridgehead atoms. The van der Waals surface area contributed by atoms with Gasteiger partial charge < -0.3 is 10.2 Å². The predicted molar refractivity (Wildman–Crippen MR) is 115 cm³/mol. The van der Waals surface area contributed by atoms with Crippen LogP contribution < -0.4 is 10.0 Å². The molecule has 2 N–H and O–H groups in total. The van der Waals surface area contributed by atoms with Crippen molar-refractivity contribution >= 4 is 40.0 Å². The van der Waals surface area contributed by atoms with E-state index in [1.54, 1.807) is 6.92 Å². The Hall–Kier alpha value is -0.0900. The van der Waals surface area contributed by atoms with E-state index in [1.807, 2.05) is 7.05 Å². The topological polar surface area (TPSA) is 73.8 Å². The van der Waals surface area contributed by atoms with Crippen LogP contribution in [0.5, 0.6) is 0 Å². The fourth-order valence-corrected chi connectivity index (χ4v) is 4.71. The van der Waals surface area contributed by atoms with Crippen molar-refractivity contribution in [2.45, 2.75) is 58.3 Å². The zero-order chi connectivity index (χ0) is 17.5. The number of likely N-dealkylation sites (tertiary alicyclic amines) is 1. The molecule has 0 unspecified atom stereocenters. The van der Waals surface area contributed by atoms with Crippen molar-refractivity contribution in [3.8, 4) is 0 Å². The summed E-state index contributed by atoms with van der Waals surface area (Å²) in [5, 5.41) is 3.32. The Morgan fingerprint density at radius 1 is 1.08 bits per heavy atom. The highest BCUT2D eigenvalue weighted by molar-refractivity contribution is 14.0. The number of nitrogens with one attached hydrogen (secondary N) is 2. The molecular formula is C17H35IN4O2S. The Labute approximate surface area is 170 Å². The number of piperidine rings is 1. The van der Waals surface area contributed by atoms with Crippen LogP contribution in [0, 0.1) is 5.41 Å². The fourth-order valence-electron chi connectivity index (χ4n) is 4.09. The van der Waals surface area contributed by atoms with Crippen molar-refractivity contribution in [2.75, 3.05) is 39.0 Å². The van der Waals surface area contributed by atoms with Gasteiger partial charge in [0.2, 0.25) is 10.0 Å². The maximum Gasteiger partial charge on any atom is 0.211 e. The van der Waals surface area contributed by atoms with Crippen LogP contribution in [0.4, 0.5) is 0 Å². The number of guanidine groups is 1. The first-order valence-electron chi connectivity index (χ1n) is 9.43. The lowest BCUT2D eigenvalue weighted by molar-refractivity contribution is 0.115. The van der Waals surface area contributed by atoms with Gasteiger partial charge in [-0.3, -0.25) is 4.99 Å². The molecule has 1 aliphatic carbocycles. The third-order valence-electron chi connectivity index (χ3n) is 5.45. The van der Waals surface area contributed by atoms with Gasteiger partial charge in [-0.1, -0.05) is 25.7 Å². The monoisotopic (exact) mass is 486 g/mol. The van der Waals surface area contributed by atoms with E-state index in [4.69, 9.17) is 0 Å². The van der Waals surface area contributed by atoms with Crippen LogP contribution in [-0.4, -0.2) is 58.3 Å². The Balaban J connectivity index is 0.00000312. The SMILES string of the molecule is CCS(=O)(=O)NCCNC(=NC)N1CCCC2(CCCCCC2)C1.I. The molecule has 25 heavy (non-hydrogen) atoms. The van der Waals surface area contributed by atoms with E-state index < -0.39 is 10.0 Å². The molecule has 1 spiro atoms. The minimum Gasteiger partial charge on any atom is -0.355 e. The summed E-state index contributed by atoms with van der Waals surface area (Å²) in [7, 11) is -1.31. The van der Waals surface area contributed by atoms with Gasteiger partial charge in [-0.25, -0.2) is 13.1 Å². The lowest BCUT2D eigenvalue weighted by atomic mass is 9.74. The molecule has 1 aliphatic heterocycles. The van der Waals surface area contributed by atoms with Gasteiger partial charge in [0.1, 0.15) is 0 Å². The summed E-state index contributed by atoms with van der Waals surface area (Å²) in [5.74, 6) is 1.03. The van der Waals surface area contributed by atoms with Gasteiger partial charge in [0.15, 0.2) is 5.96 Å². The van der Waals surface area contributed by atoms with Gasteiger partial charge in [-0.2, -0.15) is 0 Å². The summed E-state index contributed by atoms with van der Waals surface area (Å²) in [6, 6.07) is 0. The van der Waals surface area contributed by atoms with Crippen LogP contribution in [0.3, 0.4) is 0 Å². The van der Waals surface area contributed by atoms with Crippen LogP contribution in [0.1, 0.15) is 58.3 Å². The molecule has 1 saturated heterocycles. The van der Waals surface area contributed by atoms with Gasteiger partial charge in [0.25, 0.3) is 0 Å². The second kappa shape index (κ2) is 10.9. The zero-order valence-corrected chi connectivity index (χ0v) is 18.9. The van der Waals surface area contributed by atoms with Crippen LogP contribution >= 0.6 is 24.0 Å². The molecule has 0 aromatic rings. The molecule has 8 heteroatoms. The quantitative estimate of drug-likeness (QED) is 0.271. The molecule has 148 valence electrons. The van der Waals surface area contributed by atoms with Crippen molar-refractivity contribution in [1.29, 1.82) is 0 Å². The molecule has 0 atom stereocenters. The van der Waals surface area contributed by atoms with Crippen molar-refractivity contribution < 1.29 is 8.42 Å². The van der Waals surface area contributed by atoms with E-state index in [-0.39, 0.29) is 29.7 Å². The summed E-state index contributed by atoms with van der Waals surface area (Å²) < 4.78 is 25.5. The Morgan fingerprint density at radius 2 is 1.72 bits per heavy atom. The predicted octanol–water partition coefficient (Wildman–Crippen LogP) is 2.56. The van der Waals surface area contributed by atoms with Crippen LogP contribution in [0.15, 0.2) is 4.99 Å². The molecule has 2 rings (SSSR count). The summed E-state index contributed by atoms with van der Waals surface area (Å²) >= 11 is 0. The molecular weight excluding hydrogens is 451 g/mol. The van der Waals surface area contributed by atoms with Crippen molar-refractivity contribution in [3.63, 3.8) is 0 Å². The van der Waals surface area contributed by atoms with Gasteiger partial charge in [0.05, 0.1) is 5.75 Å². The van der Waals surface area contributed by atoms with E-state index in [0.717, 1.165) is 19.0 Å².